The molecule has 0 aliphatic carbocycles. The lowest BCUT2D eigenvalue weighted by atomic mass is 10.0. The Bertz CT molecular complexity index is 85.7. The summed E-state index contributed by atoms with van der Waals surface area (Å²) in [6, 6.07) is 0.00426. The molecular formula is C7H17NO2. The minimum absolute atomic E-state index is 0.00426. The summed E-state index contributed by atoms with van der Waals surface area (Å²) in [5, 5.41) is 18.0. The Kier molecular flexibility index (Phi) is 4.60. The Balaban J connectivity index is 3.46. The first-order valence-electron chi connectivity index (χ1n) is 3.69. The minimum Gasteiger partial charge on any atom is -0.391 e. The molecule has 3 heteroatoms. The first-order chi connectivity index (χ1) is 4.57. The van der Waals surface area contributed by atoms with Gasteiger partial charge in [-0.1, -0.05) is 6.92 Å². The van der Waals surface area contributed by atoms with Crippen LogP contribution < -0.4 is 5.73 Å². The minimum atomic E-state index is -0.671. The molecule has 62 valence electrons. The Morgan fingerprint density at radius 1 is 1.40 bits per heavy atom. The topological polar surface area (TPSA) is 66.5 Å². The monoisotopic (exact) mass is 147 g/mol. The molecule has 0 radical (unpaired) electrons. The fourth-order valence-electron chi connectivity index (χ4n) is 0.674. The van der Waals surface area contributed by atoms with Gasteiger partial charge < -0.3 is 15.9 Å². The zero-order valence-electron chi connectivity index (χ0n) is 6.62. The highest BCUT2D eigenvalue weighted by Gasteiger charge is 2.13. The molecule has 10 heavy (non-hydrogen) atoms. The maximum Gasteiger partial charge on any atom is 0.0811 e. The summed E-state index contributed by atoms with van der Waals surface area (Å²) in [6.45, 7) is 3.52. The first kappa shape index (κ1) is 9.88. The summed E-state index contributed by atoms with van der Waals surface area (Å²) >= 11 is 0. The molecule has 0 aromatic carbocycles. The van der Waals surface area contributed by atoms with Gasteiger partial charge in [-0.2, -0.15) is 0 Å². The second-order valence-electron chi connectivity index (χ2n) is 2.71. The molecule has 4 N–H and O–H groups in total. The summed E-state index contributed by atoms with van der Waals surface area (Å²) < 4.78 is 0. The van der Waals surface area contributed by atoms with E-state index in [1.54, 1.807) is 6.92 Å². The van der Waals surface area contributed by atoms with Crippen molar-refractivity contribution >= 4 is 0 Å². The van der Waals surface area contributed by atoms with Gasteiger partial charge in [-0.3, -0.25) is 0 Å². The van der Waals surface area contributed by atoms with Crippen molar-refractivity contribution in [3.63, 3.8) is 0 Å². The highest BCUT2D eigenvalue weighted by Crippen LogP contribution is 2.02. The van der Waals surface area contributed by atoms with Crippen LogP contribution >= 0.6 is 0 Å². The third kappa shape index (κ3) is 3.82. The molecule has 3 unspecified atom stereocenters. The van der Waals surface area contributed by atoms with Crippen molar-refractivity contribution in [3.8, 4) is 0 Å². The van der Waals surface area contributed by atoms with Crippen molar-refractivity contribution in [3.05, 3.63) is 0 Å². The molecule has 0 rings (SSSR count). The summed E-state index contributed by atoms with van der Waals surface area (Å²) in [5.41, 5.74) is 5.54. The molecule has 0 saturated carbocycles. The van der Waals surface area contributed by atoms with E-state index in [0.717, 1.165) is 6.42 Å². The second-order valence-corrected chi connectivity index (χ2v) is 2.71. The summed E-state index contributed by atoms with van der Waals surface area (Å²) in [4.78, 5) is 0. The van der Waals surface area contributed by atoms with Gasteiger partial charge in [-0.05, 0) is 19.8 Å². The zero-order valence-corrected chi connectivity index (χ0v) is 6.62. The van der Waals surface area contributed by atoms with Gasteiger partial charge in [0.05, 0.1) is 12.2 Å². The Morgan fingerprint density at radius 3 is 2.20 bits per heavy atom. The van der Waals surface area contributed by atoms with Gasteiger partial charge in [-0.15, -0.1) is 0 Å². The van der Waals surface area contributed by atoms with Crippen LogP contribution in [0.15, 0.2) is 0 Å². The number of hydrogen-bond donors (Lipinski definition) is 3. The lowest BCUT2D eigenvalue weighted by molar-refractivity contribution is 0.0220. The Labute approximate surface area is 61.9 Å². The molecular weight excluding hydrogens is 130 g/mol. The molecule has 0 spiro atoms. The molecule has 3 atom stereocenters. The van der Waals surface area contributed by atoms with Crippen LogP contribution in [0.25, 0.3) is 0 Å². The normalized spacial score (nSPS) is 20.1. The molecule has 0 amide bonds. The average Bonchev–Trinajstić information content (AvgIpc) is 1.87. The van der Waals surface area contributed by atoms with Gasteiger partial charge in [0.25, 0.3) is 0 Å². The molecule has 0 aromatic rings. The third-order valence-corrected chi connectivity index (χ3v) is 1.63. The van der Waals surface area contributed by atoms with E-state index < -0.39 is 12.2 Å². The van der Waals surface area contributed by atoms with Crippen LogP contribution in [0.1, 0.15) is 26.7 Å². The van der Waals surface area contributed by atoms with Crippen molar-refractivity contribution in [2.75, 3.05) is 0 Å². The van der Waals surface area contributed by atoms with Crippen molar-refractivity contribution in [2.45, 2.75) is 44.9 Å². The quantitative estimate of drug-likeness (QED) is 0.518. The van der Waals surface area contributed by atoms with Crippen molar-refractivity contribution < 1.29 is 10.2 Å². The van der Waals surface area contributed by atoms with E-state index in [1.807, 2.05) is 6.92 Å². The second kappa shape index (κ2) is 4.66. The van der Waals surface area contributed by atoms with E-state index in [9.17, 15) is 0 Å². The molecule has 0 aliphatic heterocycles. The molecule has 0 heterocycles. The van der Waals surface area contributed by atoms with Gasteiger partial charge in [0.15, 0.2) is 0 Å². The largest absolute Gasteiger partial charge is 0.391 e. The maximum absolute atomic E-state index is 9.10. The summed E-state index contributed by atoms with van der Waals surface area (Å²) in [5.74, 6) is 0. The molecule has 0 saturated heterocycles. The highest BCUT2D eigenvalue weighted by molar-refractivity contribution is 4.69. The molecule has 0 fully saturated rings. The predicted molar refractivity (Wildman–Crippen MR) is 40.6 cm³/mol. The van der Waals surface area contributed by atoms with Gasteiger partial charge in [-0.25, -0.2) is 0 Å². The fourth-order valence-corrected chi connectivity index (χ4v) is 0.674. The lowest BCUT2D eigenvalue weighted by Crippen LogP contribution is -2.31. The van der Waals surface area contributed by atoms with Crippen molar-refractivity contribution in [2.24, 2.45) is 5.73 Å². The summed E-state index contributed by atoms with van der Waals surface area (Å²) in [6.07, 6.45) is -0.0228. The number of rotatable bonds is 4. The average molecular weight is 147 g/mol. The smallest absolute Gasteiger partial charge is 0.0811 e. The number of nitrogens with two attached hydrogens (primary N) is 1. The van der Waals surface area contributed by atoms with Crippen LogP contribution in [0, 0.1) is 0 Å². The van der Waals surface area contributed by atoms with E-state index in [4.69, 9.17) is 15.9 Å². The van der Waals surface area contributed by atoms with Crippen LogP contribution in [0.3, 0.4) is 0 Å². The Morgan fingerprint density at radius 2 is 1.90 bits per heavy atom. The van der Waals surface area contributed by atoms with Gasteiger partial charge in [0.2, 0.25) is 0 Å². The van der Waals surface area contributed by atoms with Crippen LogP contribution in [0.2, 0.25) is 0 Å². The Hall–Kier alpha value is -0.120. The van der Waals surface area contributed by atoms with E-state index in [2.05, 4.69) is 0 Å². The van der Waals surface area contributed by atoms with Crippen LogP contribution in [-0.2, 0) is 0 Å². The zero-order chi connectivity index (χ0) is 8.15. The fraction of sp³-hybridized carbons (Fsp3) is 1.00. The van der Waals surface area contributed by atoms with Crippen LogP contribution in [-0.4, -0.2) is 28.5 Å². The molecule has 0 bridgehead atoms. The highest BCUT2D eigenvalue weighted by atomic mass is 16.3. The SMILES string of the molecule is CCC(N)CC(O)C(C)O. The lowest BCUT2D eigenvalue weighted by Gasteiger charge is -2.16. The molecule has 3 nitrogen and oxygen atoms in total. The molecule has 0 aliphatic rings. The van der Waals surface area contributed by atoms with Gasteiger partial charge in [0, 0.05) is 6.04 Å². The van der Waals surface area contributed by atoms with Crippen molar-refractivity contribution in [1.29, 1.82) is 0 Å². The third-order valence-electron chi connectivity index (χ3n) is 1.63. The number of aliphatic hydroxyl groups is 2. The summed E-state index contributed by atoms with van der Waals surface area (Å²) in [7, 11) is 0. The molecule has 0 aromatic heterocycles. The predicted octanol–water partition coefficient (Wildman–Crippen LogP) is -0.144. The van der Waals surface area contributed by atoms with Crippen LogP contribution in [0.4, 0.5) is 0 Å². The standard InChI is InChI=1S/C7H17NO2/c1-3-6(8)4-7(10)5(2)9/h5-7,9-10H,3-4,8H2,1-2H3. The van der Waals surface area contributed by atoms with E-state index in [1.165, 1.54) is 0 Å². The van der Waals surface area contributed by atoms with Crippen LogP contribution in [0.5, 0.6) is 0 Å². The van der Waals surface area contributed by atoms with E-state index >= 15 is 0 Å². The maximum atomic E-state index is 9.10. The number of aliphatic hydroxyl groups excluding tert-OH is 2. The van der Waals surface area contributed by atoms with E-state index in [-0.39, 0.29) is 6.04 Å². The van der Waals surface area contributed by atoms with Crippen molar-refractivity contribution in [1.82, 2.24) is 0 Å². The van der Waals surface area contributed by atoms with E-state index in [0.29, 0.717) is 6.42 Å². The van der Waals surface area contributed by atoms with Gasteiger partial charge in [0.1, 0.15) is 0 Å². The first-order valence-corrected chi connectivity index (χ1v) is 3.69. The number of hydrogen-bond acceptors (Lipinski definition) is 3. The van der Waals surface area contributed by atoms with Gasteiger partial charge >= 0.3 is 0 Å².